The lowest BCUT2D eigenvalue weighted by atomic mass is 10.1. The van der Waals surface area contributed by atoms with Gasteiger partial charge in [0.25, 0.3) is 11.6 Å². The van der Waals surface area contributed by atoms with Gasteiger partial charge in [0.15, 0.2) is 5.13 Å². The summed E-state index contributed by atoms with van der Waals surface area (Å²) in [5.41, 5.74) is 0.0931. The Balaban J connectivity index is 1.82. The lowest BCUT2D eigenvalue weighted by Crippen LogP contribution is -2.43. The Hall–Kier alpha value is -2.08. The number of nitro groups is 1. The van der Waals surface area contributed by atoms with Crippen molar-refractivity contribution in [3.8, 4) is 0 Å². The number of non-ortho nitro benzene ring substituents is 1. The molecular formula is C15H13IN4O4S. The minimum absolute atomic E-state index is 0.147. The quantitative estimate of drug-likeness (QED) is 0.419. The molecule has 1 atom stereocenters. The standard InChI is InChI=1S/C15H13IN4O4S/c16-11-4-3-9(20(23)24)8-10(11)14(22)19-6-1-2-12(19)13(21)18-15-17-5-7-25-15/h3-5,7-8,12H,1-2,6H2,(H,17,18,21). The Morgan fingerprint density at radius 1 is 1.44 bits per heavy atom. The number of rotatable bonds is 4. The van der Waals surface area contributed by atoms with Crippen molar-refractivity contribution in [1.29, 1.82) is 0 Å². The molecule has 10 heteroatoms. The highest BCUT2D eigenvalue weighted by Gasteiger charge is 2.35. The van der Waals surface area contributed by atoms with E-state index in [4.69, 9.17) is 0 Å². The van der Waals surface area contributed by atoms with Crippen molar-refractivity contribution in [2.75, 3.05) is 11.9 Å². The molecule has 1 saturated heterocycles. The van der Waals surface area contributed by atoms with Gasteiger partial charge in [-0.1, -0.05) is 0 Å². The number of carbonyl (C=O) groups excluding carboxylic acids is 2. The van der Waals surface area contributed by atoms with Crippen LogP contribution in [0.1, 0.15) is 23.2 Å². The number of anilines is 1. The SMILES string of the molecule is O=C(Nc1nccs1)C1CCCN1C(=O)c1cc([N+](=O)[O-])ccc1I. The third-order valence-corrected chi connectivity index (χ3v) is 5.50. The third kappa shape index (κ3) is 3.79. The Morgan fingerprint density at radius 2 is 2.24 bits per heavy atom. The number of nitrogens with zero attached hydrogens (tertiary/aromatic N) is 3. The first-order chi connectivity index (χ1) is 12.0. The van der Waals surface area contributed by atoms with Crippen LogP contribution in [0.25, 0.3) is 0 Å². The van der Waals surface area contributed by atoms with Crippen LogP contribution in [0.5, 0.6) is 0 Å². The van der Waals surface area contributed by atoms with Gasteiger partial charge in [0.2, 0.25) is 5.91 Å². The molecule has 2 heterocycles. The van der Waals surface area contributed by atoms with Gasteiger partial charge in [0.05, 0.1) is 10.5 Å². The van der Waals surface area contributed by atoms with E-state index in [-0.39, 0.29) is 23.1 Å². The van der Waals surface area contributed by atoms with Gasteiger partial charge in [0.1, 0.15) is 6.04 Å². The van der Waals surface area contributed by atoms with Gasteiger partial charge in [-0.3, -0.25) is 19.7 Å². The lowest BCUT2D eigenvalue weighted by Gasteiger charge is -2.24. The minimum Gasteiger partial charge on any atom is -0.327 e. The molecule has 25 heavy (non-hydrogen) atoms. The Bertz CT molecular complexity index is 827. The summed E-state index contributed by atoms with van der Waals surface area (Å²) in [5, 5.41) is 15.9. The number of hydrogen-bond donors (Lipinski definition) is 1. The van der Waals surface area contributed by atoms with Gasteiger partial charge in [-0.25, -0.2) is 4.98 Å². The van der Waals surface area contributed by atoms with Crippen molar-refractivity contribution < 1.29 is 14.5 Å². The van der Waals surface area contributed by atoms with Crippen molar-refractivity contribution in [2.45, 2.75) is 18.9 Å². The molecule has 1 aliphatic heterocycles. The lowest BCUT2D eigenvalue weighted by molar-refractivity contribution is -0.384. The van der Waals surface area contributed by atoms with Crippen LogP contribution in [0.3, 0.4) is 0 Å². The second-order valence-electron chi connectivity index (χ2n) is 5.40. The number of carbonyl (C=O) groups is 2. The van der Waals surface area contributed by atoms with E-state index >= 15 is 0 Å². The predicted molar refractivity (Wildman–Crippen MR) is 101 cm³/mol. The van der Waals surface area contributed by atoms with Crippen LogP contribution in [0.4, 0.5) is 10.8 Å². The van der Waals surface area contributed by atoms with E-state index in [2.05, 4.69) is 10.3 Å². The van der Waals surface area contributed by atoms with E-state index in [1.54, 1.807) is 11.6 Å². The van der Waals surface area contributed by atoms with Gasteiger partial charge < -0.3 is 10.2 Å². The molecule has 0 spiro atoms. The van der Waals surface area contributed by atoms with Crippen LogP contribution in [0, 0.1) is 13.7 Å². The second-order valence-corrected chi connectivity index (χ2v) is 7.46. The van der Waals surface area contributed by atoms with Crippen LogP contribution in [0.2, 0.25) is 0 Å². The largest absolute Gasteiger partial charge is 0.327 e. The topological polar surface area (TPSA) is 105 Å². The molecular weight excluding hydrogens is 459 g/mol. The van der Waals surface area contributed by atoms with Crippen LogP contribution in [-0.4, -0.2) is 39.2 Å². The van der Waals surface area contributed by atoms with E-state index in [0.717, 1.165) is 0 Å². The summed E-state index contributed by atoms with van der Waals surface area (Å²) in [4.78, 5) is 41.2. The summed E-state index contributed by atoms with van der Waals surface area (Å²) in [7, 11) is 0. The zero-order valence-electron chi connectivity index (χ0n) is 12.8. The number of benzene rings is 1. The number of aromatic nitrogens is 1. The highest BCUT2D eigenvalue weighted by Crippen LogP contribution is 2.26. The average molecular weight is 472 g/mol. The van der Waals surface area contributed by atoms with E-state index in [1.807, 2.05) is 22.6 Å². The number of nitro benzene ring substituents is 1. The van der Waals surface area contributed by atoms with E-state index in [1.165, 1.54) is 34.4 Å². The van der Waals surface area contributed by atoms with E-state index < -0.39 is 11.0 Å². The van der Waals surface area contributed by atoms with Crippen molar-refractivity contribution in [3.05, 3.63) is 49.0 Å². The number of nitrogens with one attached hydrogen (secondary N) is 1. The van der Waals surface area contributed by atoms with Gasteiger partial charge >= 0.3 is 0 Å². The zero-order chi connectivity index (χ0) is 18.0. The van der Waals surface area contributed by atoms with Gasteiger partial charge in [-0.2, -0.15) is 0 Å². The molecule has 1 fully saturated rings. The highest BCUT2D eigenvalue weighted by atomic mass is 127. The van der Waals surface area contributed by atoms with Crippen LogP contribution in [0.15, 0.2) is 29.8 Å². The normalized spacial score (nSPS) is 16.7. The molecule has 0 radical (unpaired) electrons. The molecule has 0 saturated carbocycles. The van der Waals surface area contributed by atoms with Crippen LogP contribution in [-0.2, 0) is 4.79 Å². The maximum atomic E-state index is 12.9. The maximum absolute atomic E-state index is 12.9. The van der Waals surface area contributed by atoms with Crippen LogP contribution < -0.4 is 5.32 Å². The molecule has 1 aliphatic rings. The highest BCUT2D eigenvalue weighted by molar-refractivity contribution is 14.1. The van der Waals surface area contributed by atoms with Crippen molar-refractivity contribution in [2.24, 2.45) is 0 Å². The van der Waals surface area contributed by atoms with Crippen molar-refractivity contribution in [1.82, 2.24) is 9.88 Å². The van der Waals surface area contributed by atoms with E-state index in [0.29, 0.717) is 28.1 Å². The summed E-state index contributed by atoms with van der Waals surface area (Å²) in [6.45, 7) is 0.438. The molecule has 0 bridgehead atoms. The fourth-order valence-electron chi connectivity index (χ4n) is 2.70. The zero-order valence-corrected chi connectivity index (χ0v) is 15.8. The number of amides is 2. The molecule has 2 aromatic rings. The van der Waals surface area contributed by atoms with Gasteiger partial charge in [-0.15, -0.1) is 11.3 Å². The first kappa shape index (κ1) is 17.7. The van der Waals surface area contributed by atoms with Crippen molar-refractivity contribution >= 4 is 56.6 Å². The second kappa shape index (κ2) is 7.44. The molecule has 8 nitrogen and oxygen atoms in total. The fourth-order valence-corrected chi connectivity index (χ4v) is 3.80. The Labute approximate surface area is 160 Å². The summed E-state index contributed by atoms with van der Waals surface area (Å²) >= 11 is 3.27. The van der Waals surface area contributed by atoms with Crippen LogP contribution >= 0.6 is 33.9 Å². The molecule has 1 aromatic carbocycles. The fraction of sp³-hybridized carbons (Fsp3) is 0.267. The third-order valence-electron chi connectivity index (χ3n) is 3.87. The molecule has 1 unspecified atom stereocenters. The monoisotopic (exact) mass is 472 g/mol. The van der Waals surface area contributed by atoms with E-state index in [9.17, 15) is 19.7 Å². The van der Waals surface area contributed by atoms with Crippen molar-refractivity contribution in [3.63, 3.8) is 0 Å². The molecule has 130 valence electrons. The molecule has 3 rings (SSSR count). The Morgan fingerprint density at radius 3 is 2.92 bits per heavy atom. The predicted octanol–water partition coefficient (Wildman–Crippen LogP) is 2.90. The minimum atomic E-state index is -0.605. The summed E-state index contributed by atoms with van der Waals surface area (Å²) in [6, 6.07) is 3.55. The number of hydrogen-bond acceptors (Lipinski definition) is 6. The first-order valence-electron chi connectivity index (χ1n) is 7.42. The van der Waals surface area contributed by atoms with Gasteiger partial charge in [0, 0.05) is 33.8 Å². The summed E-state index contributed by atoms with van der Waals surface area (Å²) in [6.07, 6.45) is 2.84. The van der Waals surface area contributed by atoms with Gasteiger partial charge in [-0.05, 0) is 41.5 Å². The molecule has 0 aliphatic carbocycles. The first-order valence-corrected chi connectivity index (χ1v) is 9.38. The molecule has 1 aromatic heterocycles. The molecule has 1 N–H and O–H groups in total. The number of halogens is 1. The average Bonchev–Trinajstić information content (AvgIpc) is 3.25. The summed E-state index contributed by atoms with van der Waals surface area (Å²) in [5.74, 6) is -0.661. The number of thiazole rings is 1. The number of likely N-dealkylation sites (tertiary alicyclic amines) is 1. The molecule has 2 amide bonds. The smallest absolute Gasteiger partial charge is 0.270 e. The maximum Gasteiger partial charge on any atom is 0.270 e. The Kier molecular flexibility index (Phi) is 5.27. The summed E-state index contributed by atoms with van der Waals surface area (Å²) < 4.78 is 0.610.